The summed E-state index contributed by atoms with van der Waals surface area (Å²) < 4.78 is 10.7. The lowest BCUT2D eigenvalue weighted by Crippen LogP contribution is -2.42. The molecule has 2 saturated heterocycles. The monoisotopic (exact) mass is 320 g/mol. The molecule has 126 valence electrons. The maximum absolute atomic E-state index is 12.7. The largest absolute Gasteiger partial charge is 0.378 e. The van der Waals surface area contributed by atoms with E-state index < -0.39 is 0 Å². The third kappa shape index (κ3) is 3.79. The van der Waals surface area contributed by atoms with E-state index in [1.807, 2.05) is 6.07 Å². The van der Waals surface area contributed by atoms with Crippen molar-refractivity contribution in [3.8, 4) is 0 Å². The van der Waals surface area contributed by atoms with Gasteiger partial charge in [-0.15, -0.1) is 0 Å². The van der Waals surface area contributed by atoms with Gasteiger partial charge in [0.1, 0.15) is 5.69 Å². The van der Waals surface area contributed by atoms with E-state index in [1.54, 1.807) is 4.90 Å². The quantitative estimate of drug-likeness (QED) is 0.825. The Morgan fingerprint density at radius 3 is 2.26 bits per heavy atom. The van der Waals surface area contributed by atoms with E-state index in [2.05, 4.69) is 28.7 Å². The molecule has 1 amide bonds. The Morgan fingerprint density at radius 1 is 1.04 bits per heavy atom. The van der Waals surface area contributed by atoms with Gasteiger partial charge in [0.2, 0.25) is 5.95 Å². The van der Waals surface area contributed by atoms with Gasteiger partial charge in [-0.25, -0.2) is 9.97 Å². The zero-order valence-corrected chi connectivity index (χ0v) is 13.8. The zero-order chi connectivity index (χ0) is 16.2. The van der Waals surface area contributed by atoms with E-state index in [9.17, 15) is 4.79 Å². The topological polar surface area (TPSA) is 67.8 Å². The number of morpholine rings is 2. The van der Waals surface area contributed by atoms with Gasteiger partial charge in [-0.3, -0.25) is 4.79 Å². The Balaban J connectivity index is 1.88. The molecular formula is C16H24N4O3. The fourth-order valence-corrected chi connectivity index (χ4v) is 2.69. The van der Waals surface area contributed by atoms with E-state index >= 15 is 0 Å². The first-order valence-corrected chi connectivity index (χ1v) is 8.24. The van der Waals surface area contributed by atoms with Crippen LogP contribution in [-0.4, -0.2) is 73.4 Å². The van der Waals surface area contributed by atoms with E-state index in [4.69, 9.17) is 9.47 Å². The van der Waals surface area contributed by atoms with Crippen LogP contribution in [0.25, 0.3) is 0 Å². The van der Waals surface area contributed by atoms with Gasteiger partial charge < -0.3 is 19.3 Å². The molecule has 3 rings (SSSR count). The van der Waals surface area contributed by atoms with Gasteiger partial charge in [-0.05, 0) is 12.0 Å². The van der Waals surface area contributed by atoms with E-state index in [1.165, 1.54) is 0 Å². The first-order chi connectivity index (χ1) is 11.1. The van der Waals surface area contributed by atoms with Crippen molar-refractivity contribution in [3.63, 3.8) is 0 Å². The molecule has 0 bridgehead atoms. The molecule has 0 aromatic carbocycles. The number of aromatic nitrogens is 2. The molecule has 0 saturated carbocycles. The highest BCUT2D eigenvalue weighted by Crippen LogP contribution is 2.19. The Bertz CT molecular complexity index is 552. The Hall–Kier alpha value is -1.73. The molecule has 0 radical (unpaired) electrons. The van der Waals surface area contributed by atoms with Crippen LogP contribution in [0, 0.1) is 0 Å². The summed E-state index contributed by atoms with van der Waals surface area (Å²) in [6.07, 6.45) is 0. The second-order valence-electron chi connectivity index (χ2n) is 6.14. The fraction of sp³-hybridized carbons (Fsp3) is 0.688. The minimum Gasteiger partial charge on any atom is -0.378 e. The summed E-state index contributed by atoms with van der Waals surface area (Å²) in [6.45, 7) is 9.42. The van der Waals surface area contributed by atoms with Crippen LogP contribution < -0.4 is 4.90 Å². The maximum atomic E-state index is 12.7. The second-order valence-corrected chi connectivity index (χ2v) is 6.14. The average Bonchev–Trinajstić information content (AvgIpc) is 2.62. The standard InChI is InChI=1S/C16H24N4O3/c1-12(2)13-11-14(15(21)19-3-7-22-8-4-19)18-16(17-13)20-5-9-23-10-6-20/h11-12H,3-10H2,1-2H3. The zero-order valence-electron chi connectivity index (χ0n) is 13.8. The van der Waals surface area contributed by atoms with Crippen molar-refractivity contribution >= 4 is 11.9 Å². The number of hydrogen-bond acceptors (Lipinski definition) is 6. The smallest absolute Gasteiger partial charge is 0.272 e. The van der Waals surface area contributed by atoms with Gasteiger partial charge >= 0.3 is 0 Å². The molecule has 2 fully saturated rings. The van der Waals surface area contributed by atoms with Crippen LogP contribution in [0.1, 0.15) is 35.9 Å². The number of amides is 1. The number of hydrogen-bond donors (Lipinski definition) is 0. The first-order valence-electron chi connectivity index (χ1n) is 8.24. The number of nitrogens with zero attached hydrogens (tertiary/aromatic N) is 4. The molecule has 7 nitrogen and oxygen atoms in total. The molecule has 1 aromatic rings. The van der Waals surface area contributed by atoms with Crippen LogP contribution in [0.3, 0.4) is 0 Å². The van der Waals surface area contributed by atoms with Crippen LogP contribution in [0.5, 0.6) is 0 Å². The summed E-state index contributed by atoms with van der Waals surface area (Å²) in [7, 11) is 0. The summed E-state index contributed by atoms with van der Waals surface area (Å²) >= 11 is 0. The lowest BCUT2D eigenvalue weighted by molar-refractivity contribution is 0.0299. The molecule has 0 aliphatic carbocycles. The van der Waals surface area contributed by atoms with Crippen LogP contribution in [0.2, 0.25) is 0 Å². The second kappa shape index (κ2) is 7.23. The molecule has 0 N–H and O–H groups in total. The summed E-state index contributed by atoms with van der Waals surface area (Å²) in [5.74, 6) is 0.845. The highest BCUT2D eigenvalue weighted by Gasteiger charge is 2.23. The normalized spacial score (nSPS) is 19.3. The first kappa shape index (κ1) is 16.1. The summed E-state index contributed by atoms with van der Waals surface area (Å²) in [6, 6.07) is 1.83. The Kier molecular flexibility index (Phi) is 5.07. The van der Waals surface area contributed by atoms with Gasteiger partial charge in [-0.2, -0.15) is 0 Å². The minimum atomic E-state index is -0.0351. The van der Waals surface area contributed by atoms with Crippen molar-refractivity contribution < 1.29 is 14.3 Å². The maximum Gasteiger partial charge on any atom is 0.272 e. The van der Waals surface area contributed by atoms with Crippen LogP contribution in [-0.2, 0) is 9.47 Å². The summed E-state index contributed by atoms with van der Waals surface area (Å²) in [4.78, 5) is 25.8. The molecule has 2 aliphatic rings. The fourth-order valence-electron chi connectivity index (χ4n) is 2.69. The van der Waals surface area contributed by atoms with E-state index in [0.29, 0.717) is 51.2 Å². The summed E-state index contributed by atoms with van der Waals surface area (Å²) in [5.41, 5.74) is 1.38. The van der Waals surface area contributed by atoms with Crippen LogP contribution in [0.15, 0.2) is 6.07 Å². The molecule has 23 heavy (non-hydrogen) atoms. The third-order valence-electron chi connectivity index (χ3n) is 4.14. The number of carbonyl (C=O) groups excluding carboxylic acids is 1. The van der Waals surface area contributed by atoms with Crippen molar-refractivity contribution in [3.05, 3.63) is 17.5 Å². The van der Waals surface area contributed by atoms with Crippen molar-refractivity contribution in [2.45, 2.75) is 19.8 Å². The SMILES string of the molecule is CC(C)c1cc(C(=O)N2CCOCC2)nc(N2CCOCC2)n1. The van der Waals surface area contributed by atoms with Crippen molar-refractivity contribution in [1.82, 2.24) is 14.9 Å². The van der Waals surface area contributed by atoms with E-state index in [-0.39, 0.29) is 11.8 Å². The van der Waals surface area contributed by atoms with Gasteiger partial charge in [0, 0.05) is 31.9 Å². The van der Waals surface area contributed by atoms with Gasteiger partial charge in [-0.1, -0.05) is 13.8 Å². The number of carbonyl (C=O) groups is 1. The van der Waals surface area contributed by atoms with Gasteiger partial charge in [0.15, 0.2) is 0 Å². The highest BCUT2D eigenvalue weighted by molar-refractivity contribution is 5.92. The van der Waals surface area contributed by atoms with Crippen LogP contribution in [0.4, 0.5) is 5.95 Å². The van der Waals surface area contributed by atoms with Crippen molar-refractivity contribution in [1.29, 1.82) is 0 Å². The molecule has 3 heterocycles. The lowest BCUT2D eigenvalue weighted by Gasteiger charge is -2.29. The molecule has 0 spiro atoms. The van der Waals surface area contributed by atoms with Gasteiger partial charge in [0.05, 0.1) is 26.4 Å². The third-order valence-corrected chi connectivity index (χ3v) is 4.14. The Labute approximate surface area is 136 Å². The summed E-state index contributed by atoms with van der Waals surface area (Å²) in [5, 5.41) is 0. The number of rotatable bonds is 3. The predicted molar refractivity (Wildman–Crippen MR) is 85.9 cm³/mol. The highest BCUT2D eigenvalue weighted by atomic mass is 16.5. The van der Waals surface area contributed by atoms with Crippen molar-refractivity contribution in [2.24, 2.45) is 0 Å². The number of anilines is 1. The predicted octanol–water partition coefficient (Wildman–Crippen LogP) is 0.909. The molecule has 2 aliphatic heterocycles. The number of ether oxygens (including phenoxy) is 2. The molecule has 7 heteroatoms. The average molecular weight is 320 g/mol. The molecule has 0 unspecified atom stereocenters. The minimum absolute atomic E-state index is 0.0351. The molecular weight excluding hydrogens is 296 g/mol. The van der Waals surface area contributed by atoms with Gasteiger partial charge in [0.25, 0.3) is 5.91 Å². The van der Waals surface area contributed by atoms with Crippen LogP contribution >= 0.6 is 0 Å². The lowest BCUT2D eigenvalue weighted by atomic mass is 10.1. The van der Waals surface area contributed by atoms with Crippen molar-refractivity contribution in [2.75, 3.05) is 57.5 Å². The van der Waals surface area contributed by atoms with E-state index in [0.717, 1.165) is 18.8 Å². The molecule has 0 atom stereocenters. The molecule has 1 aromatic heterocycles. The Morgan fingerprint density at radius 2 is 1.65 bits per heavy atom.